The van der Waals surface area contributed by atoms with Gasteiger partial charge < -0.3 is 42.2 Å². The van der Waals surface area contributed by atoms with E-state index in [1.165, 1.54) is 6.07 Å². The number of nitrogens with one attached hydrogen (secondary N) is 4. The maximum Gasteiger partial charge on any atom is 0.326 e. The Kier molecular flexibility index (Phi) is 12.3. The molecule has 6 amide bonds. The Morgan fingerprint density at radius 3 is 2.52 bits per heavy atom. The summed E-state index contributed by atoms with van der Waals surface area (Å²) in [5.41, 5.74) is 14.3. The Labute approximate surface area is 329 Å². The number of hydrogen-bond donors (Lipinski definition) is 7. The smallest absolute Gasteiger partial charge is 0.326 e. The van der Waals surface area contributed by atoms with Gasteiger partial charge in [-0.1, -0.05) is 6.07 Å². The van der Waals surface area contributed by atoms with Gasteiger partial charge in [0.1, 0.15) is 12.1 Å². The first-order valence-corrected chi connectivity index (χ1v) is 18.1. The van der Waals surface area contributed by atoms with Crippen molar-refractivity contribution in [2.45, 2.75) is 44.3 Å². The van der Waals surface area contributed by atoms with Gasteiger partial charge in [0.25, 0.3) is 17.7 Å². The van der Waals surface area contributed by atoms with Crippen LogP contribution in [-0.4, -0.2) is 117 Å². The lowest BCUT2D eigenvalue weighted by Gasteiger charge is -2.27. The molecule has 21 heteroatoms. The number of ether oxygens (including phenoxy) is 1. The first kappa shape index (κ1) is 40.4. The van der Waals surface area contributed by atoms with E-state index in [1.807, 2.05) is 11.9 Å². The van der Waals surface area contributed by atoms with Crippen LogP contribution in [0.2, 0.25) is 0 Å². The van der Waals surface area contributed by atoms with Crippen molar-refractivity contribution in [3.8, 4) is 0 Å². The Hall–Kier alpha value is -7.29. The van der Waals surface area contributed by atoms with Crippen molar-refractivity contribution in [1.29, 1.82) is 0 Å². The highest BCUT2D eigenvalue weighted by Crippen LogP contribution is 2.32. The summed E-state index contributed by atoms with van der Waals surface area (Å²) in [7, 11) is 1.81. The van der Waals surface area contributed by atoms with Crippen molar-refractivity contribution >= 4 is 75.7 Å². The molecule has 6 rings (SSSR count). The zero-order valence-corrected chi connectivity index (χ0v) is 31.2. The molecule has 0 saturated carbocycles. The van der Waals surface area contributed by atoms with E-state index in [0.29, 0.717) is 23.4 Å². The van der Waals surface area contributed by atoms with E-state index in [1.54, 1.807) is 42.6 Å². The molecule has 0 spiro atoms. The molecule has 1 unspecified atom stereocenters. The van der Waals surface area contributed by atoms with Crippen LogP contribution >= 0.6 is 0 Å². The molecular weight excluding hydrogens is 756 g/mol. The largest absolute Gasteiger partial charge is 0.480 e. The number of carboxylic acid groups (broad SMARTS) is 1. The number of fused-ring (bicyclic) bond motifs is 2. The Balaban J connectivity index is 0.893. The molecular formula is C37H40N12O9. The van der Waals surface area contributed by atoms with E-state index >= 15 is 0 Å². The minimum Gasteiger partial charge on any atom is -0.480 e. The number of hydrogen-bond acceptors (Lipinski definition) is 16. The van der Waals surface area contributed by atoms with Crippen LogP contribution in [0.1, 0.15) is 62.5 Å². The van der Waals surface area contributed by atoms with Crippen molar-refractivity contribution in [2.24, 2.45) is 0 Å². The number of anilines is 4. The van der Waals surface area contributed by atoms with Crippen LogP contribution in [0.25, 0.3) is 11.2 Å². The lowest BCUT2D eigenvalue weighted by Crippen LogP contribution is -2.54. The normalized spacial score (nSPS) is 15.5. The molecule has 2 aliphatic rings. The number of carbonyl (C=O) groups is 7. The summed E-state index contributed by atoms with van der Waals surface area (Å²) in [5, 5.41) is 20.0. The molecule has 302 valence electrons. The number of imide groups is 2. The number of nitrogens with zero attached hydrogens (tertiary/aromatic N) is 6. The van der Waals surface area contributed by atoms with Crippen LogP contribution in [-0.2, 0) is 30.5 Å². The molecule has 58 heavy (non-hydrogen) atoms. The van der Waals surface area contributed by atoms with Gasteiger partial charge in [-0.05, 0) is 49.2 Å². The number of piperidine rings is 1. The fraction of sp³-hybridized carbons (Fsp3) is 0.324. The molecule has 2 aromatic carbocycles. The summed E-state index contributed by atoms with van der Waals surface area (Å²) in [6.07, 6.45) is 1.28. The Morgan fingerprint density at radius 2 is 1.78 bits per heavy atom. The fourth-order valence-corrected chi connectivity index (χ4v) is 6.41. The van der Waals surface area contributed by atoms with Crippen LogP contribution in [0, 0.1) is 0 Å². The maximum absolute atomic E-state index is 13.2. The van der Waals surface area contributed by atoms with Gasteiger partial charge in [-0.15, -0.1) is 0 Å². The predicted octanol–water partition coefficient (Wildman–Crippen LogP) is -0.170. The van der Waals surface area contributed by atoms with E-state index < -0.39 is 53.5 Å². The fourth-order valence-electron chi connectivity index (χ4n) is 6.41. The molecule has 1 fully saturated rings. The molecule has 21 nitrogen and oxygen atoms in total. The van der Waals surface area contributed by atoms with Gasteiger partial charge >= 0.3 is 5.97 Å². The van der Waals surface area contributed by atoms with Crippen LogP contribution in [0.5, 0.6) is 0 Å². The molecule has 9 N–H and O–H groups in total. The first-order chi connectivity index (χ1) is 27.8. The molecule has 2 aliphatic heterocycles. The maximum atomic E-state index is 13.2. The van der Waals surface area contributed by atoms with Gasteiger partial charge in [-0.3, -0.25) is 39.0 Å². The third-order valence-electron chi connectivity index (χ3n) is 9.33. The molecule has 4 aromatic rings. The Morgan fingerprint density at radius 1 is 1.02 bits per heavy atom. The first-order valence-electron chi connectivity index (χ1n) is 18.1. The summed E-state index contributed by atoms with van der Waals surface area (Å²) < 4.78 is 5.56. The third kappa shape index (κ3) is 9.21. The second-order valence-corrected chi connectivity index (χ2v) is 13.4. The molecule has 4 heterocycles. The van der Waals surface area contributed by atoms with Gasteiger partial charge in [-0.25, -0.2) is 14.8 Å². The number of rotatable bonds is 17. The van der Waals surface area contributed by atoms with Gasteiger partial charge in [0.2, 0.25) is 23.7 Å². The number of amides is 6. The number of carboxylic acids is 1. The predicted molar refractivity (Wildman–Crippen MR) is 206 cm³/mol. The molecule has 2 atom stereocenters. The second kappa shape index (κ2) is 17.7. The topological polar surface area (TPSA) is 307 Å². The van der Waals surface area contributed by atoms with Crippen LogP contribution in [0.15, 0.2) is 48.7 Å². The highest BCUT2D eigenvalue weighted by molar-refractivity contribution is 6.25. The van der Waals surface area contributed by atoms with Gasteiger partial charge in [0.15, 0.2) is 17.0 Å². The van der Waals surface area contributed by atoms with Crippen LogP contribution in [0.3, 0.4) is 0 Å². The summed E-state index contributed by atoms with van der Waals surface area (Å²) in [6.45, 7) is 1.00. The highest BCUT2D eigenvalue weighted by atomic mass is 16.5. The lowest BCUT2D eigenvalue weighted by atomic mass is 10.0. The minimum atomic E-state index is -1.32. The number of benzene rings is 2. The molecule has 0 radical (unpaired) electrons. The standard InChI is InChI=1S/C37H40N12O9/c1-48(18-20-17-42-31-29(43-20)30(38)46-37(39)47-31)21-7-5-19(6-8-21)32(52)44-24(36(56)57)9-11-26(50)41-14-16-58-15-13-40-23-4-2-3-22-28(23)35(55)49(34(22)54)25-10-12-27(51)45-33(25)53/h2-8,17,24-25,40H,9-16,18H2,1H3,(H,41,50)(H,44,52)(H,56,57)(H,45,51,53)(H4,38,39,42,46,47)/t24-,25?/m0/s1. The zero-order valence-electron chi connectivity index (χ0n) is 31.2. The lowest BCUT2D eigenvalue weighted by molar-refractivity contribution is -0.140. The minimum absolute atomic E-state index is 0.00414. The highest BCUT2D eigenvalue weighted by Gasteiger charge is 2.45. The number of nitrogens with two attached hydrogens (primary N) is 2. The van der Waals surface area contributed by atoms with E-state index in [2.05, 4.69) is 41.2 Å². The molecule has 1 saturated heterocycles. The number of aromatic nitrogens is 4. The zero-order chi connectivity index (χ0) is 41.5. The molecule has 0 bridgehead atoms. The van der Waals surface area contributed by atoms with E-state index in [-0.39, 0.29) is 86.1 Å². The molecule has 2 aromatic heterocycles. The van der Waals surface area contributed by atoms with Crippen LogP contribution < -0.4 is 37.6 Å². The average Bonchev–Trinajstić information content (AvgIpc) is 3.45. The van der Waals surface area contributed by atoms with E-state index in [9.17, 15) is 38.7 Å². The van der Waals surface area contributed by atoms with Gasteiger partial charge in [-0.2, -0.15) is 9.97 Å². The van der Waals surface area contributed by atoms with Crippen molar-refractivity contribution in [3.05, 3.63) is 71.0 Å². The van der Waals surface area contributed by atoms with Gasteiger partial charge in [0, 0.05) is 49.9 Å². The second-order valence-electron chi connectivity index (χ2n) is 13.4. The van der Waals surface area contributed by atoms with E-state index in [0.717, 1.165) is 10.6 Å². The third-order valence-corrected chi connectivity index (χ3v) is 9.33. The SMILES string of the molecule is CN(Cc1cnc2nc(N)nc(N)c2n1)c1ccc(C(=O)N[C@@H](CCC(=O)NCCOCCNc2cccc3c2C(=O)N(C2CCC(=O)NC2=O)C3=O)C(=O)O)cc1. The monoisotopic (exact) mass is 796 g/mol. The summed E-state index contributed by atoms with van der Waals surface area (Å²) >= 11 is 0. The summed E-state index contributed by atoms with van der Waals surface area (Å²) in [5.74, 6) is -4.65. The number of carbonyl (C=O) groups excluding carboxylic acids is 6. The summed E-state index contributed by atoms with van der Waals surface area (Å²) in [4.78, 5) is 107. The van der Waals surface area contributed by atoms with Crippen molar-refractivity contribution in [1.82, 2.24) is 40.8 Å². The number of aliphatic carboxylic acids is 1. The summed E-state index contributed by atoms with van der Waals surface area (Å²) in [6, 6.07) is 8.81. The van der Waals surface area contributed by atoms with Crippen molar-refractivity contribution in [2.75, 3.05) is 55.0 Å². The van der Waals surface area contributed by atoms with Crippen molar-refractivity contribution in [3.63, 3.8) is 0 Å². The van der Waals surface area contributed by atoms with E-state index in [4.69, 9.17) is 16.2 Å². The Bertz CT molecular complexity index is 2290. The van der Waals surface area contributed by atoms with Gasteiger partial charge in [0.05, 0.1) is 42.8 Å². The average molecular weight is 797 g/mol. The van der Waals surface area contributed by atoms with Crippen molar-refractivity contribution < 1.29 is 43.4 Å². The number of nitrogen functional groups attached to an aromatic ring is 2. The molecule has 0 aliphatic carbocycles. The quantitative estimate of drug-likeness (QED) is 0.0539. The van der Waals surface area contributed by atoms with Crippen LogP contribution in [0.4, 0.5) is 23.1 Å².